The van der Waals surface area contributed by atoms with Gasteiger partial charge in [0.25, 0.3) is 0 Å². The molecule has 0 amide bonds. The quantitative estimate of drug-likeness (QED) is 0.839. The summed E-state index contributed by atoms with van der Waals surface area (Å²) in [5.41, 5.74) is 5.89. The molecule has 0 aliphatic carbocycles. The molecule has 1 aromatic carbocycles. The molecule has 0 saturated carbocycles. The van der Waals surface area contributed by atoms with Gasteiger partial charge in [0.15, 0.2) is 0 Å². The van der Waals surface area contributed by atoms with Crippen LogP contribution in [0.3, 0.4) is 0 Å². The molecule has 1 aromatic rings. The van der Waals surface area contributed by atoms with E-state index in [9.17, 15) is 8.42 Å². The normalized spacial score (nSPS) is 20.2. The molecule has 1 saturated heterocycles. The predicted octanol–water partition coefficient (Wildman–Crippen LogP) is 1.42. The van der Waals surface area contributed by atoms with Crippen molar-refractivity contribution in [1.29, 1.82) is 0 Å². The number of hydrogen-bond donors (Lipinski definition) is 1. The number of nitrogens with zero attached hydrogens (tertiary/aromatic N) is 1. The summed E-state index contributed by atoms with van der Waals surface area (Å²) in [6.07, 6.45) is 2.00. The highest BCUT2D eigenvalue weighted by atomic mass is 32.2. The second-order valence-electron chi connectivity index (χ2n) is 5.11. The van der Waals surface area contributed by atoms with E-state index >= 15 is 0 Å². The molecule has 2 N–H and O–H groups in total. The second kappa shape index (κ2) is 6.40. The zero-order valence-corrected chi connectivity index (χ0v) is 12.5. The highest BCUT2D eigenvalue weighted by molar-refractivity contribution is 7.89. The number of benzene rings is 1. The fraction of sp³-hybridized carbons (Fsp3) is 0.467. The lowest BCUT2D eigenvalue weighted by Crippen LogP contribution is -2.39. The molecule has 0 bridgehead atoms. The summed E-state index contributed by atoms with van der Waals surface area (Å²) in [4.78, 5) is 0.287. The van der Waals surface area contributed by atoms with Gasteiger partial charge in [-0.15, -0.1) is 0 Å². The molecule has 0 aromatic heterocycles. The first-order chi connectivity index (χ1) is 9.55. The minimum atomic E-state index is -3.47. The van der Waals surface area contributed by atoms with E-state index in [1.807, 2.05) is 0 Å². The van der Waals surface area contributed by atoms with Gasteiger partial charge < -0.3 is 5.73 Å². The largest absolute Gasteiger partial charge is 0.320 e. The smallest absolute Gasteiger partial charge is 0.244 e. The van der Waals surface area contributed by atoms with E-state index in [4.69, 9.17) is 5.73 Å². The van der Waals surface area contributed by atoms with Gasteiger partial charge in [-0.25, -0.2) is 8.42 Å². The first-order valence-corrected chi connectivity index (χ1v) is 8.28. The summed E-state index contributed by atoms with van der Waals surface area (Å²) < 4.78 is 27.1. The van der Waals surface area contributed by atoms with Crippen molar-refractivity contribution < 1.29 is 8.42 Å². The molecule has 1 fully saturated rings. The van der Waals surface area contributed by atoms with Crippen molar-refractivity contribution in [3.63, 3.8) is 0 Å². The zero-order chi connectivity index (χ0) is 14.6. The van der Waals surface area contributed by atoms with Crippen LogP contribution in [-0.2, 0) is 10.0 Å². The molecular formula is C15H20N2O2S. The van der Waals surface area contributed by atoms with Crippen LogP contribution in [0.4, 0.5) is 0 Å². The van der Waals surface area contributed by atoms with E-state index in [2.05, 4.69) is 18.8 Å². The molecule has 1 aliphatic rings. The van der Waals surface area contributed by atoms with Crippen molar-refractivity contribution in [2.24, 2.45) is 11.7 Å². The highest BCUT2D eigenvalue weighted by Crippen LogP contribution is 2.25. The van der Waals surface area contributed by atoms with Crippen molar-refractivity contribution in [1.82, 2.24) is 4.31 Å². The maximum Gasteiger partial charge on any atom is 0.244 e. The Labute approximate surface area is 121 Å². The molecule has 0 spiro atoms. The molecule has 5 heteroatoms. The number of nitrogens with two attached hydrogens (primary N) is 1. The SMILES string of the molecule is CC1CCCN(S(=O)(=O)c2ccccc2C#CCN)C1. The van der Waals surface area contributed by atoms with Crippen LogP contribution in [0.25, 0.3) is 0 Å². The first kappa shape index (κ1) is 15.0. The molecular weight excluding hydrogens is 272 g/mol. The number of rotatable bonds is 2. The summed E-state index contributed by atoms with van der Waals surface area (Å²) in [7, 11) is -3.47. The Morgan fingerprint density at radius 3 is 2.85 bits per heavy atom. The predicted molar refractivity (Wildman–Crippen MR) is 79.5 cm³/mol. The van der Waals surface area contributed by atoms with Gasteiger partial charge in [0, 0.05) is 18.7 Å². The lowest BCUT2D eigenvalue weighted by Gasteiger charge is -2.30. The Balaban J connectivity index is 2.39. The van der Waals surface area contributed by atoms with Crippen LogP contribution >= 0.6 is 0 Å². The lowest BCUT2D eigenvalue weighted by molar-refractivity contribution is 0.281. The van der Waals surface area contributed by atoms with Crippen LogP contribution in [-0.4, -0.2) is 32.4 Å². The summed E-state index contributed by atoms with van der Waals surface area (Å²) in [6, 6.07) is 6.87. The summed E-state index contributed by atoms with van der Waals surface area (Å²) in [5.74, 6) is 5.98. The third-order valence-corrected chi connectivity index (χ3v) is 5.37. The van der Waals surface area contributed by atoms with Gasteiger partial charge in [-0.1, -0.05) is 30.9 Å². The minimum Gasteiger partial charge on any atom is -0.320 e. The average Bonchev–Trinajstić information content (AvgIpc) is 2.45. The van der Waals surface area contributed by atoms with E-state index in [0.29, 0.717) is 24.6 Å². The molecule has 4 nitrogen and oxygen atoms in total. The van der Waals surface area contributed by atoms with E-state index in [1.54, 1.807) is 28.6 Å². The third kappa shape index (κ3) is 3.21. The van der Waals surface area contributed by atoms with Crippen molar-refractivity contribution in [3.8, 4) is 11.8 Å². The van der Waals surface area contributed by atoms with Gasteiger partial charge in [0.2, 0.25) is 10.0 Å². The summed E-state index contributed by atoms with van der Waals surface area (Å²) in [6.45, 7) is 3.48. The van der Waals surface area contributed by atoms with Gasteiger partial charge in [0.05, 0.1) is 11.4 Å². The number of sulfonamides is 1. The van der Waals surface area contributed by atoms with E-state index < -0.39 is 10.0 Å². The monoisotopic (exact) mass is 292 g/mol. The molecule has 1 aliphatic heterocycles. The fourth-order valence-electron chi connectivity index (χ4n) is 2.44. The van der Waals surface area contributed by atoms with Crippen LogP contribution in [0, 0.1) is 17.8 Å². The number of hydrogen-bond acceptors (Lipinski definition) is 3. The molecule has 20 heavy (non-hydrogen) atoms. The van der Waals surface area contributed by atoms with Gasteiger partial charge in [-0.2, -0.15) is 4.31 Å². The van der Waals surface area contributed by atoms with Gasteiger partial charge >= 0.3 is 0 Å². The van der Waals surface area contributed by atoms with Crippen molar-refractivity contribution in [3.05, 3.63) is 29.8 Å². The van der Waals surface area contributed by atoms with Gasteiger partial charge in [-0.05, 0) is 30.9 Å². The van der Waals surface area contributed by atoms with Crippen LogP contribution in [0.2, 0.25) is 0 Å². The van der Waals surface area contributed by atoms with Crippen molar-refractivity contribution in [2.75, 3.05) is 19.6 Å². The Bertz CT molecular complexity index is 629. The van der Waals surface area contributed by atoms with Crippen LogP contribution < -0.4 is 5.73 Å². The molecule has 1 heterocycles. The second-order valence-corrected chi connectivity index (χ2v) is 7.02. The Kier molecular flexibility index (Phi) is 4.81. The van der Waals surface area contributed by atoms with Crippen molar-refractivity contribution >= 4 is 10.0 Å². The standard InChI is InChI=1S/C15H20N2O2S/c1-13-6-5-11-17(12-13)20(18,19)15-9-3-2-7-14(15)8-4-10-16/h2-3,7,9,13H,5-6,10-12,16H2,1H3. The molecule has 2 rings (SSSR count). The van der Waals surface area contributed by atoms with Crippen LogP contribution in [0.5, 0.6) is 0 Å². The zero-order valence-electron chi connectivity index (χ0n) is 11.7. The van der Waals surface area contributed by atoms with E-state index in [-0.39, 0.29) is 11.4 Å². The van der Waals surface area contributed by atoms with Crippen molar-refractivity contribution in [2.45, 2.75) is 24.7 Å². The molecule has 1 atom stereocenters. The van der Waals surface area contributed by atoms with Gasteiger partial charge in [0.1, 0.15) is 0 Å². The van der Waals surface area contributed by atoms with Gasteiger partial charge in [-0.3, -0.25) is 0 Å². The summed E-state index contributed by atoms with van der Waals surface area (Å²) >= 11 is 0. The summed E-state index contributed by atoms with van der Waals surface area (Å²) in [5, 5.41) is 0. The van der Waals surface area contributed by atoms with E-state index in [1.165, 1.54) is 0 Å². The maximum atomic E-state index is 12.7. The maximum absolute atomic E-state index is 12.7. The molecule has 1 unspecified atom stereocenters. The molecule has 108 valence electrons. The topological polar surface area (TPSA) is 63.4 Å². The average molecular weight is 292 g/mol. The van der Waals surface area contributed by atoms with E-state index in [0.717, 1.165) is 12.8 Å². The third-order valence-electron chi connectivity index (χ3n) is 3.45. The van der Waals surface area contributed by atoms with Crippen LogP contribution in [0.15, 0.2) is 29.2 Å². The minimum absolute atomic E-state index is 0.217. The lowest BCUT2D eigenvalue weighted by atomic mass is 10.0. The Hall–Kier alpha value is -1.35. The Morgan fingerprint density at radius 1 is 1.40 bits per heavy atom. The fourth-order valence-corrected chi connectivity index (χ4v) is 4.19. The molecule has 0 radical (unpaired) electrons. The number of piperidine rings is 1. The highest BCUT2D eigenvalue weighted by Gasteiger charge is 2.29. The van der Waals surface area contributed by atoms with Crippen LogP contribution in [0.1, 0.15) is 25.3 Å². The Morgan fingerprint density at radius 2 is 2.15 bits per heavy atom. The first-order valence-electron chi connectivity index (χ1n) is 6.84.